The van der Waals surface area contributed by atoms with Gasteiger partial charge < -0.3 is 25.8 Å². The summed E-state index contributed by atoms with van der Waals surface area (Å²) in [5, 5.41) is 11.3. The highest BCUT2D eigenvalue weighted by atomic mass is 16.6. The minimum Gasteiger partial charge on any atom is -0.481 e. The van der Waals surface area contributed by atoms with Gasteiger partial charge in [-0.05, 0) is 19.8 Å². The third-order valence-electron chi connectivity index (χ3n) is 3.10. The fourth-order valence-electron chi connectivity index (χ4n) is 2.01. The van der Waals surface area contributed by atoms with Crippen molar-refractivity contribution in [3.05, 3.63) is 0 Å². The molecule has 1 rings (SSSR count). The van der Waals surface area contributed by atoms with E-state index < -0.39 is 24.3 Å². The predicted octanol–water partition coefficient (Wildman–Crippen LogP) is -0.474. The van der Waals surface area contributed by atoms with E-state index in [4.69, 9.17) is 15.6 Å². The number of carboxylic acid groups (broad SMARTS) is 1. The van der Waals surface area contributed by atoms with Crippen molar-refractivity contribution in [1.82, 2.24) is 10.2 Å². The molecule has 0 aromatic rings. The summed E-state index contributed by atoms with van der Waals surface area (Å²) in [5.74, 6) is -1.58. The molecule has 1 heterocycles. The minimum absolute atomic E-state index is 0.0898. The lowest BCUT2D eigenvalue weighted by Crippen LogP contribution is -2.51. The predicted molar refractivity (Wildman–Crippen MR) is 70.0 cm³/mol. The second kappa shape index (κ2) is 7.68. The van der Waals surface area contributed by atoms with Crippen molar-refractivity contribution in [2.24, 2.45) is 5.73 Å². The number of nitrogens with zero attached hydrogens (tertiary/aromatic N) is 1. The lowest BCUT2D eigenvalue weighted by atomic mass is 10.0. The summed E-state index contributed by atoms with van der Waals surface area (Å²) >= 11 is 0. The average molecular weight is 287 g/mol. The number of rotatable bonds is 5. The molecule has 0 spiro atoms. The average Bonchev–Trinajstić information content (AvgIpc) is 2.39. The summed E-state index contributed by atoms with van der Waals surface area (Å²) in [4.78, 5) is 35.2. The van der Waals surface area contributed by atoms with Gasteiger partial charge in [0.2, 0.25) is 5.91 Å². The van der Waals surface area contributed by atoms with Gasteiger partial charge in [-0.25, -0.2) is 4.79 Å². The normalized spacial score (nSPS) is 17.4. The van der Waals surface area contributed by atoms with E-state index in [0.29, 0.717) is 32.5 Å². The van der Waals surface area contributed by atoms with Crippen molar-refractivity contribution < 1.29 is 24.2 Å². The van der Waals surface area contributed by atoms with E-state index >= 15 is 0 Å². The zero-order chi connectivity index (χ0) is 15.1. The van der Waals surface area contributed by atoms with Crippen LogP contribution in [0.5, 0.6) is 0 Å². The molecule has 0 aliphatic carbocycles. The first-order valence-corrected chi connectivity index (χ1v) is 6.63. The summed E-state index contributed by atoms with van der Waals surface area (Å²) in [6.07, 6.45) is 0.460. The highest BCUT2D eigenvalue weighted by Gasteiger charge is 2.26. The lowest BCUT2D eigenvalue weighted by molar-refractivity contribution is -0.139. The number of hydrogen-bond acceptors (Lipinski definition) is 5. The van der Waals surface area contributed by atoms with Crippen LogP contribution in [-0.2, 0) is 14.3 Å². The first-order chi connectivity index (χ1) is 9.43. The number of carbonyl (C=O) groups excluding carboxylic acids is 2. The zero-order valence-corrected chi connectivity index (χ0v) is 11.5. The number of nitrogens with two attached hydrogens (primary N) is 1. The van der Waals surface area contributed by atoms with Crippen LogP contribution in [0.3, 0.4) is 0 Å². The summed E-state index contributed by atoms with van der Waals surface area (Å²) in [7, 11) is 0. The van der Waals surface area contributed by atoms with Crippen LogP contribution < -0.4 is 11.1 Å². The number of nitrogens with one attached hydrogen (secondary N) is 1. The largest absolute Gasteiger partial charge is 0.481 e. The van der Waals surface area contributed by atoms with Gasteiger partial charge in [-0.2, -0.15) is 0 Å². The molecule has 0 aromatic carbocycles. The van der Waals surface area contributed by atoms with E-state index in [9.17, 15) is 14.4 Å². The number of likely N-dealkylation sites (tertiary alicyclic amines) is 1. The Kier molecular flexibility index (Phi) is 6.23. The molecule has 20 heavy (non-hydrogen) atoms. The van der Waals surface area contributed by atoms with Gasteiger partial charge in [0, 0.05) is 19.1 Å². The molecule has 1 atom stereocenters. The molecule has 1 aliphatic heterocycles. The smallest absolute Gasteiger partial charge is 0.409 e. The number of ether oxygens (including phenoxy) is 1. The lowest BCUT2D eigenvalue weighted by Gasteiger charge is -2.32. The molecule has 2 amide bonds. The Morgan fingerprint density at radius 2 is 2.00 bits per heavy atom. The Morgan fingerprint density at radius 1 is 1.40 bits per heavy atom. The van der Waals surface area contributed by atoms with Crippen molar-refractivity contribution in [3.63, 3.8) is 0 Å². The Bertz CT molecular complexity index is 366. The third kappa shape index (κ3) is 5.04. The van der Waals surface area contributed by atoms with Crippen molar-refractivity contribution in [2.45, 2.75) is 38.3 Å². The Morgan fingerprint density at radius 3 is 2.50 bits per heavy atom. The third-order valence-corrected chi connectivity index (χ3v) is 3.10. The quantitative estimate of drug-likeness (QED) is 0.628. The van der Waals surface area contributed by atoms with Crippen molar-refractivity contribution in [3.8, 4) is 0 Å². The van der Waals surface area contributed by atoms with Crippen molar-refractivity contribution in [2.75, 3.05) is 19.7 Å². The highest BCUT2D eigenvalue weighted by Crippen LogP contribution is 2.11. The van der Waals surface area contributed by atoms with Gasteiger partial charge in [-0.15, -0.1) is 0 Å². The number of amides is 2. The molecule has 4 N–H and O–H groups in total. The Balaban J connectivity index is 2.33. The number of carboxylic acids is 1. The number of carbonyl (C=O) groups is 3. The molecule has 0 saturated carbocycles. The molecule has 1 unspecified atom stereocenters. The Labute approximate surface area is 117 Å². The highest BCUT2D eigenvalue weighted by molar-refractivity contribution is 5.86. The van der Waals surface area contributed by atoms with E-state index in [-0.39, 0.29) is 12.1 Å². The summed E-state index contributed by atoms with van der Waals surface area (Å²) in [6.45, 7) is 3.07. The van der Waals surface area contributed by atoms with Gasteiger partial charge in [0.1, 0.15) is 0 Å². The van der Waals surface area contributed by atoms with Gasteiger partial charge in [-0.1, -0.05) is 0 Å². The molecule has 1 fully saturated rings. The van der Waals surface area contributed by atoms with Gasteiger partial charge >= 0.3 is 12.1 Å². The fourth-order valence-corrected chi connectivity index (χ4v) is 2.01. The summed E-state index contributed by atoms with van der Waals surface area (Å²) in [6, 6.07) is -1.14. The van der Waals surface area contributed by atoms with Crippen molar-refractivity contribution >= 4 is 18.0 Å². The molecule has 1 saturated heterocycles. The maximum Gasteiger partial charge on any atom is 0.409 e. The van der Waals surface area contributed by atoms with Gasteiger partial charge in [-0.3, -0.25) is 9.59 Å². The topological polar surface area (TPSA) is 122 Å². The zero-order valence-electron chi connectivity index (χ0n) is 11.5. The molecular formula is C12H21N3O5. The van der Waals surface area contributed by atoms with E-state index in [1.165, 1.54) is 0 Å². The van der Waals surface area contributed by atoms with Crippen LogP contribution in [0.15, 0.2) is 0 Å². The van der Waals surface area contributed by atoms with Gasteiger partial charge in [0.05, 0.1) is 19.1 Å². The fraction of sp³-hybridized carbons (Fsp3) is 0.750. The first-order valence-electron chi connectivity index (χ1n) is 6.63. The molecule has 114 valence electrons. The van der Waals surface area contributed by atoms with E-state index in [2.05, 4.69) is 5.32 Å². The molecule has 1 aliphatic rings. The van der Waals surface area contributed by atoms with Crippen LogP contribution in [0.1, 0.15) is 26.2 Å². The Hall–Kier alpha value is -1.83. The molecule has 8 heteroatoms. The van der Waals surface area contributed by atoms with Crippen LogP contribution in [0, 0.1) is 0 Å². The molecule has 0 bridgehead atoms. The van der Waals surface area contributed by atoms with Crippen LogP contribution in [0.4, 0.5) is 4.79 Å². The second-order valence-electron chi connectivity index (χ2n) is 4.67. The maximum absolute atomic E-state index is 11.7. The summed E-state index contributed by atoms with van der Waals surface area (Å²) in [5.41, 5.74) is 5.47. The number of aliphatic carboxylic acids is 1. The molecular weight excluding hydrogens is 266 g/mol. The van der Waals surface area contributed by atoms with Gasteiger partial charge in [0.15, 0.2) is 0 Å². The number of piperidine rings is 1. The number of hydrogen-bond donors (Lipinski definition) is 3. The van der Waals surface area contributed by atoms with Crippen molar-refractivity contribution in [1.29, 1.82) is 0 Å². The van der Waals surface area contributed by atoms with E-state index in [1.54, 1.807) is 11.8 Å². The molecule has 0 aromatic heterocycles. The molecule has 0 radical (unpaired) electrons. The van der Waals surface area contributed by atoms with Crippen LogP contribution in [-0.4, -0.2) is 59.8 Å². The van der Waals surface area contributed by atoms with E-state index in [1.807, 2.05) is 0 Å². The SMILES string of the molecule is CCOC(=O)N1CCC(NC(=O)C(N)CC(=O)O)CC1. The minimum atomic E-state index is -1.11. The van der Waals surface area contributed by atoms with Crippen LogP contribution in [0.25, 0.3) is 0 Å². The van der Waals surface area contributed by atoms with Crippen LogP contribution in [0.2, 0.25) is 0 Å². The van der Waals surface area contributed by atoms with E-state index in [0.717, 1.165) is 0 Å². The summed E-state index contributed by atoms with van der Waals surface area (Å²) < 4.78 is 4.89. The standard InChI is InChI=1S/C12H21N3O5/c1-2-20-12(19)15-5-3-8(4-6-15)14-11(18)9(13)7-10(16)17/h8-9H,2-7,13H2,1H3,(H,14,18)(H,16,17). The maximum atomic E-state index is 11.7. The van der Waals surface area contributed by atoms with Gasteiger partial charge in [0.25, 0.3) is 0 Å². The molecule has 8 nitrogen and oxygen atoms in total. The second-order valence-corrected chi connectivity index (χ2v) is 4.67. The monoisotopic (exact) mass is 287 g/mol. The van der Waals surface area contributed by atoms with Crippen LogP contribution >= 0.6 is 0 Å². The first kappa shape index (κ1) is 16.2.